The smallest absolute Gasteiger partial charge is 0.122 e. The predicted octanol–water partition coefficient (Wildman–Crippen LogP) is 3.26. The highest BCUT2D eigenvalue weighted by molar-refractivity contribution is 6.30. The Kier molecular flexibility index (Phi) is 5.07. The minimum Gasteiger partial charge on any atom is -0.490 e. The molecule has 0 bridgehead atoms. The first-order valence-corrected chi connectivity index (χ1v) is 6.46. The Hall–Kier alpha value is -1.71. The zero-order valence-electron chi connectivity index (χ0n) is 10.5. The molecule has 0 atom stereocenters. The number of hydrogen-bond acceptors (Lipinski definition) is 3. The summed E-state index contributed by atoms with van der Waals surface area (Å²) in [4.78, 5) is 0. The van der Waals surface area contributed by atoms with Crippen molar-refractivity contribution in [3.63, 3.8) is 0 Å². The first-order chi connectivity index (χ1) is 9.28. The average Bonchev–Trinajstić information content (AvgIpc) is 2.46. The Balaban J connectivity index is 1.75. The lowest BCUT2D eigenvalue weighted by atomic mass is 10.2. The number of ether oxygens (including phenoxy) is 2. The van der Waals surface area contributed by atoms with Gasteiger partial charge in [0.2, 0.25) is 0 Å². The predicted molar refractivity (Wildman–Crippen MR) is 76.8 cm³/mol. The van der Waals surface area contributed by atoms with E-state index in [4.69, 9.17) is 26.8 Å². The van der Waals surface area contributed by atoms with E-state index in [9.17, 15) is 0 Å². The second-order valence-electron chi connectivity index (χ2n) is 4.00. The van der Waals surface area contributed by atoms with Crippen LogP contribution in [-0.2, 0) is 6.54 Å². The van der Waals surface area contributed by atoms with Crippen LogP contribution in [-0.4, -0.2) is 13.2 Å². The first kappa shape index (κ1) is 13.7. The highest BCUT2D eigenvalue weighted by Gasteiger charge is 1.97. The molecule has 0 heterocycles. The van der Waals surface area contributed by atoms with Crippen LogP contribution in [0.2, 0.25) is 5.02 Å². The summed E-state index contributed by atoms with van der Waals surface area (Å²) in [6, 6.07) is 15.0. The first-order valence-electron chi connectivity index (χ1n) is 6.08. The molecule has 0 unspecified atom stereocenters. The molecule has 0 radical (unpaired) electrons. The maximum absolute atomic E-state index is 5.79. The van der Waals surface area contributed by atoms with E-state index in [1.54, 1.807) is 12.1 Å². The molecule has 2 aromatic rings. The molecule has 2 N–H and O–H groups in total. The summed E-state index contributed by atoms with van der Waals surface area (Å²) in [5.74, 6) is 1.59. The van der Waals surface area contributed by atoms with E-state index in [0.29, 0.717) is 24.8 Å². The monoisotopic (exact) mass is 277 g/mol. The van der Waals surface area contributed by atoms with Crippen LogP contribution in [0, 0.1) is 0 Å². The zero-order valence-corrected chi connectivity index (χ0v) is 11.3. The lowest BCUT2D eigenvalue weighted by Gasteiger charge is -2.09. The lowest BCUT2D eigenvalue weighted by Crippen LogP contribution is -2.09. The van der Waals surface area contributed by atoms with E-state index in [1.807, 2.05) is 36.4 Å². The summed E-state index contributed by atoms with van der Waals surface area (Å²) < 4.78 is 11.1. The van der Waals surface area contributed by atoms with Gasteiger partial charge in [-0.1, -0.05) is 23.7 Å². The maximum atomic E-state index is 5.79. The molecule has 0 aliphatic carbocycles. The second-order valence-corrected chi connectivity index (χ2v) is 4.44. The van der Waals surface area contributed by atoms with Gasteiger partial charge in [-0.25, -0.2) is 0 Å². The van der Waals surface area contributed by atoms with Crippen molar-refractivity contribution in [2.75, 3.05) is 13.2 Å². The van der Waals surface area contributed by atoms with Gasteiger partial charge in [0.25, 0.3) is 0 Å². The number of nitrogens with two attached hydrogens (primary N) is 1. The van der Waals surface area contributed by atoms with Gasteiger partial charge in [-0.05, 0) is 42.0 Å². The zero-order chi connectivity index (χ0) is 13.5. The molecule has 3 nitrogen and oxygen atoms in total. The van der Waals surface area contributed by atoms with Gasteiger partial charge in [-0.15, -0.1) is 0 Å². The Morgan fingerprint density at radius 2 is 1.58 bits per heavy atom. The van der Waals surface area contributed by atoms with Gasteiger partial charge in [0.1, 0.15) is 24.7 Å². The van der Waals surface area contributed by atoms with E-state index in [-0.39, 0.29) is 0 Å². The Bertz CT molecular complexity index is 514. The minimum atomic E-state index is 0.481. The second kappa shape index (κ2) is 7.02. The Morgan fingerprint density at radius 1 is 0.895 bits per heavy atom. The third-order valence-corrected chi connectivity index (χ3v) is 2.82. The molecule has 0 amide bonds. The Labute approximate surface area is 117 Å². The lowest BCUT2D eigenvalue weighted by molar-refractivity contribution is 0.217. The normalized spacial score (nSPS) is 10.2. The summed E-state index contributed by atoms with van der Waals surface area (Å²) >= 11 is 5.79. The maximum Gasteiger partial charge on any atom is 0.122 e. The largest absolute Gasteiger partial charge is 0.490 e. The van der Waals surface area contributed by atoms with Gasteiger partial charge < -0.3 is 15.2 Å². The van der Waals surface area contributed by atoms with Crippen molar-refractivity contribution in [1.82, 2.24) is 0 Å². The van der Waals surface area contributed by atoms with Crippen LogP contribution in [0.3, 0.4) is 0 Å². The fraction of sp³-hybridized carbons (Fsp3) is 0.200. The van der Waals surface area contributed by atoms with Crippen molar-refractivity contribution in [3.8, 4) is 11.5 Å². The van der Waals surface area contributed by atoms with E-state index in [1.165, 1.54) is 0 Å². The molecule has 0 saturated heterocycles. The summed E-state index contributed by atoms with van der Waals surface area (Å²) in [6.45, 7) is 1.48. The fourth-order valence-electron chi connectivity index (χ4n) is 1.61. The number of rotatable bonds is 6. The van der Waals surface area contributed by atoms with Crippen molar-refractivity contribution in [2.45, 2.75) is 6.54 Å². The van der Waals surface area contributed by atoms with Gasteiger partial charge >= 0.3 is 0 Å². The van der Waals surface area contributed by atoms with Gasteiger partial charge in [-0.3, -0.25) is 0 Å². The van der Waals surface area contributed by atoms with Gasteiger partial charge in [0, 0.05) is 11.6 Å². The Morgan fingerprint density at radius 3 is 2.26 bits per heavy atom. The molecule has 0 aliphatic rings. The highest BCUT2D eigenvalue weighted by Crippen LogP contribution is 2.16. The molecule has 100 valence electrons. The molecule has 0 fully saturated rings. The van der Waals surface area contributed by atoms with E-state index in [0.717, 1.165) is 17.1 Å². The summed E-state index contributed by atoms with van der Waals surface area (Å²) in [5, 5.41) is 0.696. The van der Waals surface area contributed by atoms with E-state index >= 15 is 0 Å². The van der Waals surface area contributed by atoms with Crippen LogP contribution >= 0.6 is 11.6 Å². The van der Waals surface area contributed by atoms with Gasteiger partial charge in [-0.2, -0.15) is 0 Å². The van der Waals surface area contributed by atoms with Crippen molar-refractivity contribution >= 4 is 11.6 Å². The van der Waals surface area contributed by atoms with Crippen LogP contribution in [0.25, 0.3) is 0 Å². The van der Waals surface area contributed by atoms with E-state index in [2.05, 4.69) is 0 Å². The summed E-state index contributed by atoms with van der Waals surface area (Å²) in [7, 11) is 0. The van der Waals surface area contributed by atoms with Gasteiger partial charge in [0.05, 0.1) is 0 Å². The number of benzene rings is 2. The molecule has 0 aromatic heterocycles. The van der Waals surface area contributed by atoms with Crippen molar-refractivity contribution in [2.24, 2.45) is 5.73 Å². The van der Waals surface area contributed by atoms with Gasteiger partial charge in [0.15, 0.2) is 0 Å². The molecular weight excluding hydrogens is 262 g/mol. The minimum absolute atomic E-state index is 0.481. The van der Waals surface area contributed by atoms with Crippen LogP contribution < -0.4 is 15.2 Å². The molecule has 2 aromatic carbocycles. The molecule has 2 rings (SSSR count). The van der Waals surface area contributed by atoms with Crippen LogP contribution in [0.1, 0.15) is 5.56 Å². The van der Waals surface area contributed by atoms with Crippen LogP contribution in [0.5, 0.6) is 11.5 Å². The SMILES string of the molecule is NCc1cccc(OCCOc2ccc(Cl)cc2)c1. The third kappa shape index (κ3) is 4.47. The summed E-state index contributed by atoms with van der Waals surface area (Å²) in [6.07, 6.45) is 0. The van der Waals surface area contributed by atoms with Crippen LogP contribution in [0.15, 0.2) is 48.5 Å². The standard InChI is InChI=1S/C15H16ClNO2/c16-13-4-6-14(7-5-13)18-8-9-19-15-3-1-2-12(10-15)11-17/h1-7,10H,8-9,11,17H2. The highest BCUT2D eigenvalue weighted by atomic mass is 35.5. The van der Waals surface area contributed by atoms with E-state index < -0.39 is 0 Å². The molecular formula is C15H16ClNO2. The number of halogens is 1. The fourth-order valence-corrected chi connectivity index (χ4v) is 1.74. The summed E-state index contributed by atoms with van der Waals surface area (Å²) in [5.41, 5.74) is 6.62. The number of hydrogen-bond donors (Lipinski definition) is 1. The molecule has 0 spiro atoms. The average molecular weight is 278 g/mol. The molecule has 19 heavy (non-hydrogen) atoms. The topological polar surface area (TPSA) is 44.5 Å². The third-order valence-electron chi connectivity index (χ3n) is 2.57. The molecule has 4 heteroatoms. The molecule has 0 aliphatic heterocycles. The van der Waals surface area contributed by atoms with Crippen LogP contribution in [0.4, 0.5) is 0 Å². The van der Waals surface area contributed by atoms with Crippen molar-refractivity contribution < 1.29 is 9.47 Å². The molecule has 0 saturated carbocycles. The quantitative estimate of drug-likeness (QED) is 0.825. The van der Waals surface area contributed by atoms with Crippen molar-refractivity contribution in [3.05, 3.63) is 59.1 Å². The van der Waals surface area contributed by atoms with Crippen molar-refractivity contribution in [1.29, 1.82) is 0 Å².